The van der Waals surface area contributed by atoms with Crippen LogP contribution in [0, 0.1) is 0 Å². The average Bonchev–Trinajstić information content (AvgIpc) is 4.11. The minimum atomic E-state index is 0.535. The number of furan rings is 2. The van der Waals surface area contributed by atoms with Crippen molar-refractivity contribution < 1.29 is 8.83 Å². The van der Waals surface area contributed by atoms with Crippen LogP contribution in [0.2, 0.25) is 0 Å². The van der Waals surface area contributed by atoms with Crippen molar-refractivity contribution >= 4 is 65.7 Å². The predicted octanol–water partition coefficient (Wildman–Crippen LogP) is 16.8. The lowest BCUT2D eigenvalue weighted by Gasteiger charge is -2.09. The normalized spacial score (nSPS) is 11.8. The predicted molar refractivity (Wildman–Crippen MR) is 281 cm³/mol. The molecule has 0 saturated heterocycles. The first-order chi connectivity index (χ1) is 34.2. The molecule has 6 heteroatoms. The molecule has 4 heterocycles. The van der Waals surface area contributed by atoms with E-state index in [2.05, 4.69) is 193 Å². The van der Waals surface area contributed by atoms with Crippen molar-refractivity contribution in [2.45, 2.75) is 0 Å². The van der Waals surface area contributed by atoms with Crippen LogP contribution < -0.4 is 0 Å². The zero-order valence-electron chi connectivity index (χ0n) is 37.0. The van der Waals surface area contributed by atoms with E-state index in [1.54, 1.807) is 0 Å². The van der Waals surface area contributed by atoms with Crippen LogP contribution in [-0.4, -0.2) is 19.5 Å². The maximum absolute atomic E-state index is 7.04. The molecule has 14 aromatic rings. The number of benzene rings is 10. The lowest BCUT2D eigenvalue weighted by molar-refractivity contribution is 0.665. The minimum Gasteiger partial charge on any atom is -0.455 e. The molecule has 0 atom stereocenters. The van der Waals surface area contributed by atoms with Crippen LogP contribution in [0.25, 0.3) is 139 Å². The minimum absolute atomic E-state index is 0.535. The van der Waals surface area contributed by atoms with Crippen molar-refractivity contribution in [3.8, 4) is 73.2 Å². The Morgan fingerprint density at radius 3 is 1.42 bits per heavy atom. The van der Waals surface area contributed by atoms with Crippen molar-refractivity contribution in [1.82, 2.24) is 19.5 Å². The Morgan fingerprint density at radius 2 is 0.739 bits per heavy atom. The van der Waals surface area contributed by atoms with Gasteiger partial charge < -0.3 is 13.4 Å². The molecule has 322 valence electrons. The number of aromatic nitrogens is 4. The summed E-state index contributed by atoms with van der Waals surface area (Å²) < 4.78 is 16.2. The van der Waals surface area contributed by atoms with Gasteiger partial charge in [0.25, 0.3) is 0 Å². The van der Waals surface area contributed by atoms with Gasteiger partial charge in [-0.25, -0.2) is 15.0 Å². The molecule has 0 aliphatic rings. The van der Waals surface area contributed by atoms with E-state index in [4.69, 9.17) is 23.8 Å². The summed E-state index contributed by atoms with van der Waals surface area (Å²) in [5.41, 5.74) is 15.6. The number of rotatable bonds is 7. The Balaban J connectivity index is 0.895. The van der Waals surface area contributed by atoms with Crippen LogP contribution in [-0.2, 0) is 0 Å². The van der Waals surface area contributed by atoms with Crippen molar-refractivity contribution in [3.05, 3.63) is 231 Å². The molecule has 0 fully saturated rings. The second-order valence-electron chi connectivity index (χ2n) is 17.5. The molecule has 0 saturated carbocycles. The number of nitrogens with zero attached hydrogens (tertiary/aromatic N) is 4. The third-order valence-electron chi connectivity index (χ3n) is 13.5. The molecule has 0 amide bonds. The van der Waals surface area contributed by atoms with Crippen LogP contribution >= 0.6 is 0 Å². The molecule has 10 aromatic carbocycles. The third kappa shape index (κ3) is 6.38. The SMILES string of the molecule is c1ccc(-c2ccc(-c3nc(-c4ccccc4)nc(-c4cccc5c4oc4c(-c6cccc7c6oc6ccc(-n8c9ccccc9c9cc(-c%10ccccc%10)ccc98)cc67)cccc45)n3)cc2)cc1. The molecule has 6 nitrogen and oxygen atoms in total. The lowest BCUT2D eigenvalue weighted by Crippen LogP contribution is -2.00. The van der Waals surface area contributed by atoms with E-state index in [-0.39, 0.29) is 0 Å². The van der Waals surface area contributed by atoms with Gasteiger partial charge in [-0.15, -0.1) is 0 Å². The second-order valence-corrected chi connectivity index (χ2v) is 17.5. The first-order valence-corrected chi connectivity index (χ1v) is 23.2. The summed E-state index contributed by atoms with van der Waals surface area (Å²) in [5, 5.41) is 6.49. The zero-order valence-corrected chi connectivity index (χ0v) is 37.0. The summed E-state index contributed by atoms with van der Waals surface area (Å²) in [4.78, 5) is 15.3. The van der Waals surface area contributed by atoms with Gasteiger partial charge in [0.2, 0.25) is 0 Å². The summed E-state index contributed by atoms with van der Waals surface area (Å²) in [7, 11) is 0. The van der Waals surface area contributed by atoms with Crippen LogP contribution in [0.5, 0.6) is 0 Å². The van der Waals surface area contributed by atoms with Crippen molar-refractivity contribution in [3.63, 3.8) is 0 Å². The number of hydrogen-bond donors (Lipinski definition) is 0. The highest BCUT2D eigenvalue weighted by molar-refractivity contribution is 6.17. The second kappa shape index (κ2) is 15.6. The maximum atomic E-state index is 7.04. The van der Waals surface area contributed by atoms with Gasteiger partial charge >= 0.3 is 0 Å². The van der Waals surface area contributed by atoms with Crippen molar-refractivity contribution in [2.75, 3.05) is 0 Å². The van der Waals surface area contributed by atoms with Crippen LogP contribution in [0.3, 0.4) is 0 Å². The molecule has 0 spiro atoms. The Morgan fingerprint density at radius 1 is 0.275 bits per heavy atom. The van der Waals surface area contributed by atoms with Crippen LogP contribution in [0.1, 0.15) is 0 Å². The molecule has 0 bridgehead atoms. The number of hydrogen-bond acceptors (Lipinski definition) is 5. The fourth-order valence-electron chi connectivity index (χ4n) is 10.2. The molecule has 0 N–H and O–H groups in total. The van der Waals surface area contributed by atoms with E-state index < -0.39 is 0 Å². The number of fused-ring (bicyclic) bond motifs is 9. The first kappa shape index (κ1) is 38.8. The molecular formula is C63H38N4O2. The lowest BCUT2D eigenvalue weighted by atomic mass is 9.99. The van der Waals surface area contributed by atoms with Gasteiger partial charge in [0, 0.05) is 60.3 Å². The van der Waals surface area contributed by atoms with Crippen molar-refractivity contribution in [1.29, 1.82) is 0 Å². The van der Waals surface area contributed by atoms with E-state index in [9.17, 15) is 0 Å². The van der Waals surface area contributed by atoms with Gasteiger partial charge in [0.15, 0.2) is 17.5 Å². The topological polar surface area (TPSA) is 69.9 Å². The maximum Gasteiger partial charge on any atom is 0.167 e. The standard InChI is InChI=1S/C63H38N4O2/c1-4-15-39(16-5-1)41-29-31-43(32-30-41)62-64-61(42-19-8-3-9-20-42)65-63(66-62)52-27-14-25-50-49-24-12-23-48(59(49)69-60(50)52)47-22-13-26-51-54-38-45(34-36-57(54)68-58(47)51)67-55-28-11-10-21-46(55)53-37-44(33-35-56(53)67)40-17-6-2-7-18-40/h1-38H. The molecule has 0 radical (unpaired) electrons. The first-order valence-electron chi connectivity index (χ1n) is 23.2. The molecule has 4 aromatic heterocycles. The molecule has 0 unspecified atom stereocenters. The summed E-state index contributed by atoms with van der Waals surface area (Å²) in [5.74, 6) is 1.71. The highest BCUT2D eigenvalue weighted by atomic mass is 16.3. The Kier molecular flexibility index (Phi) is 8.79. The van der Waals surface area contributed by atoms with E-state index in [0.29, 0.717) is 23.1 Å². The highest BCUT2D eigenvalue weighted by Gasteiger charge is 2.22. The van der Waals surface area contributed by atoms with Gasteiger partial charge in [0.05, 0.1) is 16.6 Å². The van der Waals surface area contributed by atoms with Gasteiger partial charge in [-0.05, 0) is 64.7 Å². The smallest absolute Gasteiger partial charge is 0.167 e. The van der Waals surface area contributed by atoms with E-state index in [0.717, 1.165) is 94.0 Å². The quantitative estimate of drug-likeness (QED) is 0.159. The summed E-state index contributed by atoms with van der Waals surface area (Å²) in [6, 6.07) is 80.3. The fourth-order valence-corrected chi connectivity index (χ4v) is 10.2. The van der Waals surface area contributed by atoms with Crippen LogP contribution in [0.15, 0.2) is 239 Å². The van der Waals surface area contributed by atoms with E-state index in [1.807, 2.05) is 42.5 Å². The van der Waals surface area contributed by atoms with Crippen molar-refractivity contribution in [2.24, 2.45) is 0 Å². The monoisotopic (exact) mass is 882 g/mol. The number of para-hydroxylation sites is 4. The molecule has 0 aliphatic carbocycles. The van der Waals surface area contributed by atoms with E-state index >= 15 is 0 Å². The summed E-state index contributed by atoms with van der Waals surface area (Å²) in [6.45, 7) is 0. The highest BCUT2D eigenvalue weighted by Crippen LogP contribution is 2.44. The third-order valence-corrected chi connectivity index (χ3v) is 13.5. The van der Waals surface area contributed by atoms with E-state index in [1.165, 1.54) is 21.9 Å². The average molecular weight is 883 g/mol. The Bertz CT molecular complexity index is 4290. The fraction of sp³-hybridized carbons (Fsp3) is 0. The van der Waals surface area contributed by atoms with Gasteiger partial charge in [0.1, 0.15) is 22.3 Å². The Hall–Kier alpha value is -9.39. The zero-order chi connectivity index (χ0) is 45.4. The molecule has 0 aliphatic heterocycles. The summed E-state index contributed by atoms with van der Waals surface area (Å²) in [6.07, 6.45) is 0. The van der Waals surface area contributed by atoms with Gasteiger partial charge in [-0.1, -0.05) is 188 Å². The molecule has 69 heavy (non-hydrogen) atoms. The van der Waals surface area contributed by atoms with Gasteiger partial charge in [-0.3, -0.25) is 0 Å². The van der Waals surface area contributed by atoms with Crippen LogP contribution in [0.4, 0.5) is 0 Å². The Labute approximate surface area is 396 Å². The molecule has 14 rings (SSSR count). The summed E-state index contributed by atoms with van der Waals surface area (Å²) >= 11 is 0. The molecular weight excluding hydrogens is 845 g/mol. The largest absolute Gasteiger partial charge is 0.455 e. The van der Waals surface area contributed by atoms with Gasteiger partial charge in [-0.2, -0.15) is 0 Å².